The number of nitrogens with zero attached hydrogens (tertiary/aromatic N) is 1. The van der Waals surface area contributed by atoms with Gasteiger partial charge < -0.3 is 10.7 Å². The Hall–Kier alpha value is -2.36. The molecule has 2 aromatic rings. The third kappa shape index (κ3) is 2.03. The Morgan fingerprint density at radius 1 is 1.40 bits per heavy atom. The van der Waals surface area contributed by atoms with Crippen LogP contribution in [-0.2, 0) is 0 Å². The predicted molar refractivity (Wildman–Crippen MR) is 84.2 cm³/mol. The molecule has 3 N–H and O–H groups in total. The van der Waals surface area contributed by atoms with Crippen molar-refractivity contribution < 1.29 is 0 Å². The number of dihydropyridines is 1. The number of aliphatic imine (C=N–C) groups is 1. The number of anilines is 1. The maximum absolute atomic E-state index is 11.8. The average molecular weight is 267 g/mol. The number of allylic oxidation sites excluding steroid dienone is 1. The zero-order valence-corrected chi connectivity index (χ0v) is 11.6. The van der Waals surface area contributed by atoms with Gasteiger partial charge in [0, 0.05) is 23.7 Å². The van der Waals surface area contributed by atoms with Crippen LogP contribution < -0.4 is 11.3 Å². The van der Waals surface area contributed by atoms with Gasteiger partial charge in [-0.05, 0) is 36.1 Å². The number of fused-ring (bicyclic) bond motifs is 1. The lowest BCUT2D eigenvalue weighted by atomic mass is 9.95. The molecule has 3 rings (SSSR count). The van der Waals surface area contributed by atoms with E-state index in [1.807, 2.05) is 24.4 Å². The zero-order chi connectivity index (χ0) is 14.3. The van der Waals surface area contributed by atoms with E-state index >= 15 is 0 Å². The number of pyridine rings is 1. The number of nitrogens with two attached hydrogens (primary N) is 1. The predicted octanol–water partition coefficient (Wildman–Crippen LogP) is 2.52. The molecule has 2 heterocycles. The van der Waals surface area contributed by atoms with E-state index in [1.165, 1.54) is 0 Å². The SMILES string of the molecule is Cc1cc2c(C3=CC(C)CN=C3)ccc(N)c2[nH]c1=O. The molecule has 1 unspecified atom stereocenters. The molecule has 0 saturated carbocycles. The summed E-state index contributed by atoms with van der Waals surface area (Å²) in [5.74, 6) is 0.423. The van der Waals surface area contributed by atoms with Gasteiger partial charge in [0.15, 0.2) is 0 Å². The van der Waals surface area contributed by atoms with Gasteiger partial charge in [-0.25, -0.2) is 0 Å². The van der Waals surface area contributed by atoms with Crippen molar-refractivity contribution >= 4 is 28.4 Å². The van der Waals surface area contributed by atoms with E-state index in [4.69, 9.17) is 5.73 Å². The average Bonchev–Trinajstić information content (AvgIpc) is 2.41. The maximum atomic E-state index is 11.8. The number of aryl methyl sites for hydroxylation is 1. The first-order valence-corrected chi connectivity index (χ1v) is 6.70. The summed E-state index contributed by atoms with van der Waals surface area (Å²) in [5, 5.41) is 0.967. The molecule has 20 heavy (non-hydrogen) atoms. The molecule has 0 bridgehead atoms. The Morgan fingerprint density at radius 2 is 2.20 bits per heavy atom. The minimum atomic E-state index is -0.0963. The monoisotopic (exact) mass is 267 g/mol. The second-order valence-corrected chi connectivity index (χ2v) is 5.37. The summed E-state index contributed by atoms with van der Waals surface area (Å²) in [4.78, 5) is 19.0. The number of H-pyrrole nitrogens is 1. The molecular weight excluding hydrogens is 250 g/mol. The Balaban J connectivity index is 2.32. The summed E-state index contributed by atoms with van der Waals surface area (Å²) < 4.78 is 0. The van der Waals surface area contributed by atoms with Gasteiger partial charge in [0.05, 0.1) is 11.2 Å². The van der Waals surface area contributed by atoms with Crippen LogP contribution in [0.25, 0.3) is 16.5 Å². The zero-order valence-electron chi connectivity index (χ0n) is 11.6. The fourth-order valence-corrected chi connectivity index (χ4v) is 2.55. The molecule has 1 aliphatic rings. The third-order valence-electron chi connectivity index (χ3n) is 3.63. The highest BCUT2D eigenvalue weighted by Gasteiger charge is 2.12. The molecular formula is C16H17N3O. The number of benzene rings is 1. The summed E-state index contributed by atoms with van der Waals surface area (Å²) >= 11 is 0. The molecule has 0 aliphatic carbocycles. The van der Waals surface area contributed by atoms with Crippen LogP contribution in [0.4, 0.5) is 5.69 Å². The number of aromatic nitrogens is 1. The molecule has 0 spiro atoms. The van der Waals surface area contributed by atoms with Gasteiger partial charge in [-0.1, -0.05) is 19.1 Å². The summed E-state index contributed by atoms with van der Waals surface area (Å²) in [6, 6.07) is 5.72. The first-order chi connectivity index (χ1) is 9.56. The van der Waals surface area contributed by atoms with E-state index < -0.39 is 0 Å². The second-order valence-electron chi connectivity index (χ2n) is 5.37. The molecule has 0 amide bonds. The van der Waals surface area contributed by atoms with Crippen LogP contribution in [0.5, 0.6) is 0 Å². The van der Waals surface area contributed by atoms with Crippen LogP contribution in [0.15, 0.2) is 34.1 Å². The summed E-state index contributed by atoms with van der Waals surface area (Å²) in [6.45, 7) is 4.77. The smallest absolute Gasteiger partial charge is 0.251 e. The molecule has 4 heteroatoms. The summed E-state index contributed by atoms with van der Waals surface area (Å²) in [6.07, 6.45) is 4.10. The summed E-state index contributed by atoms with van der Waals surface area (Å²) in [5.41, 5.74) is 9.99. The van der Waals surface area contributed by atoms with Gasteiger partial charge >= 0.3 is 0 Å². The van der Waals surface area contributed by atoms with E-state index in [0.717, 1.165) is 23.1 Å². The van der Waals surface area contributed by atoms with Crippen molar-refractivity contribution in [2.45, 2.75) is 13.8 Å². The van der Waals surface area contributed by atoms with Crippen LogP contribution in [0.1, 0.15) is 18.1 Å². The lowest BCUT2D eigenvalue weighted by Gasteiger charge is -2.15. The normalized spacial score (nSPS) is 18.3. The molecule has 0 radical (unpaired) electrons. The van der Waals surface area contributed by atoms with E-state index in [1.54, 1.807) is 6.92 Å². The van der Waals surface area contributed by atoms with E-state index in [-0.39, 0.29) is 5.56 Å². The molecule has 4 nitrogen and oxygen atoms in total. The quantitative estimate of drug-likeness (QED) is 0.779. The fraction of sp³-hybridized carbons (Fsp3) is 0.250. The topological polar surface area (TPSA) is 71.2 Å². The van der Waals surface area contributed by atoms with Crippen molar-refractivity contribution in [2.24, 2.45) is 10.9 Å². The number of nitrogen functional groups attached to an aromatic ring is 1. The van der Waals surface area contributed by atoms with Crippen LogP contribution in [-0.4, -0.2) is 17.7 Å². The number of rotatable bonds is 1. The van der Waals surface area contributed by atoms with Gasteiger partial charge in [0.1, 0.15) is 0 Å². The van der Waals surface area contributed by atoms with Gasteiger partial charge in [-0.3, -0.25) is 9.79 Å². The summed E-state index contributed by atoms with van der Waals surface area (Å²) in [7, 11) is 0. The van der Waals surface area contributed by atoms with Crippen LogP contribution in [0.2, 0.25) is 0 Å². The molecule has 1 aliphatic heterocycles. The Morgan fingerprint density at radius 3 is 2.95 bits per heavy atom. The molecule has 1 atom stereocenters. The molecule has 1 aromatic heterocycles. The van der Waals surface area contributed by atoms with E-state index in [0.29, 0.717) is 22.7 Å². The first kappa shape index (κ1) is 12.7. The Bertz CT molecular complexity index is 799. The van der Waals surface area contributed by atoms with Gasteiger partial charge in [0.2, 0.25) is 0 Å². The lowest BCUT2D eigenvalue weighted by molar-refractivity contribution is 0.740. The first-order valence-electron chi connectivity index (χ1n) is 6.70. The number of hydrogen-bond acceptors (Lipinski definition) is 3. The van der Waals surface area contributed by atoms with Crippen molar-refractivity contribution in [1.29, 1.82) is 0 Å². The van der Waals surface area contributed by atoms with Gasteiger partial charge in [-0.15, -0.1) is 0 Å². The fourth-order valence-electron chi connectivity index (χ4n) is 2.55. The lowest BCUT2D eigenvalue weighted by Crippen LogP contribution is -2.11. The minimum absolute atomic E-state index is 0.0963. The Kier molecular flexibility index (Phi) is 2.93. The largest absolute Gasteiger partial charge is 0.397 e. The standard InChI is InChI=1S/C16H17N3O/c1-9-5-11(8-18-7-9)12-3-4-14(17)15-13(12)6-10(2)16(20)19-15/h3-6,8-9H,7,17H2,1-2H3,(H,19,20). The number of hydrogen-bond donors (Lipinski definition) is 2. The van der Waals surface area contributed by atoms with Gasteiger partial charge in [-0.2, -0.15) is 0 Å². The van der Waals surface area contributed by atoms with E-state index in [9.17, 15) is 4.79 Å². The third-order valence-corrected chi connectivity index (χ3v) is 3.63. The van der Waals surface area contributed by atoms with Gasteiger partial charge in [0.25, 0.3) is 5.56 Å². The molecule has 102 valence electrons. The van der Waals surface area contributed by atoms with E-state index in [2.05, 4.69) is 23.0 Å². The highest BCUT2D eigenvalue weighted by atomic mass is 16.1. The molecule has 0 saturated heterocycles. The van der Waals surface area contributed by atoms with Crippen molar-refractivity contribution in [2.75, 3.05) is 12.3 Å². The van der Waals surface area contributed by atoms with Crippen molar-refractivity contribution in [3.8, 4) is 0 Å². The highest BCUT2D eigenvalue weighted by Crippen LogP contribution is 2.29. The molecule has 0 fully saturated rings. The number of aromatic amines is 1. The highest BCUT2D eigenvalue weighted by molar-refractivity contribution is 6.16. The van der Waals surface area contributed by atoms with Crippen LogP contribution in [0, 0.1) is 12.8 Å². The molecule has 1 aromatic carbocycles. The Labute approximate surface area is 117 Å². The maximum Gasteiger partial charge on any atom is 0.251 e. The minimum Gasteiger partial charge on any atom is -0.397 e. The van der Waals surface area contributed by atoms with Crippen LogP contribution in [0.3, 0.4) is 0 Å². The van der Waals surface area contributed by atoms with Crippen LogP contribution >= 0.6 is 0 Å². The second kappa shape index (κ2) is 4.63. The van der Waals surface area contributed by atoms with Crippen molar-refractivity contribution in [3.63, 3.8) is 0 Å². The van der Waals surface area contributed by atoms with Crippen molar-refractivity contribution in [3.05, 3.63) is 45.8 Å². The van der Waals surface area contributed by atoms with Crippen molar-refractivity contribution in [1.82, 2.24) is 4.98 Å². The number of nitrogens with one attached hydrogen (secondary N) is 1.